The van der Waals surface area contributed by atoms with Gasteiger partial charge in [-0.3, -0.25) is 4.57 Å². The maximum atomic E-state index is 5.40. The first kappa shape index (κ1) is 12.9. The smallest absolute Gasteiger partial charge is 0.137 e. The summed E-state index contributed by atoms with van der Waals surface area (Å²) >= 11 is 0. The van der Waals surface area contributed by atoms with Crippen LogP contribution in [-0.4, -0.2) is 16.7 Å². The van der Waals surface area contributed by atoms with Gasteiger partial charge in [-0.15, -0.1) is 0 Å². The highest BCUT2D eigenvalue weighted by Gasteiger charge is 2.13. The maximum absolute atomic E-state index is 5.40. The van der Waals surface area contributed by atoms with Crippen molar-refractivity contribution in [3.63, 3.8) is 0 Å². The van der Waals surface area contributed by atoms with E-state index in [-0.39, 0.29) is 0 Å². The molecule has 3 nitrogen and oxygen atoms in total. The Bertz CT molecular complexity index is 985. The molecule has 0 aliphatic carbocycles. The molecule has 4 aromatic rings. The van der Waals surface area contributed by atoms with Gasteiger partial charge in [0.2, 0.25) is 0 Å². The fraction of sp³-hybridized carbons (Fsp3) is 0.105. The summed E-state index contributed by atoms with van der Waals surface area (Å²) in [5, 5.41) is 2.43. The van der Waals surface area contributed by atoms with E-state index in [0.29, 0.717) is 0 Å². The predicted octanol–water partition coefficient (Wildman–Crippen LogP) is 4.50. The molecule has 0 aliphatic rings. The molecule has 0 radical (unpaired) electrons. The SMILES string of the molecule is COc1ccc2c3ccccc3n(-c3cc(C)ccn3)c2c1. The molecule has 0 unspecified atom stereocenters. The number of hydrogen-bond donors (Lipinski definition) is 0. The summed E-state index contributed by atoms with van der Waals surface area (Å²) < 4.78 is 7.59. The number of fused-ring (bicyclic) bond motifs is 3. The van der Waals surface area contributed by atoms with Crippen LogP contribution in [-0.2, 0) is 0 Å². The van der Waals surface area contributed by atoms with Crippen LogP contribution in [0.25, 0.3) is 27.6 Å². The maximum Gasteiger partial charge on any atom is 0.137 e. The van der Waals surface area contributed by atoms with Crippen LogP contribution >= 0.6 is 0 Å². The first-order valence-corrected chi connectivity index (χ1v) is 7.28. The molecular formula is C19H16N2O. The average Bonchev–Trinajstić information content (AvgIpc) is 2.88. The highest BCUT2D eigenvalue weighted by molar-refractivity contribution is 6.09. The monoisotopic (exact) mass is 288 g/mol. The lowest BCUT2D eigenvalue weighted by Gasteiger charge is -2.08. The molecule has 0 N–H and O–H groups in total. The van der Waals surface area contributed by atoms with Crippen LogP contribution in [0.2, 0.25) is 0 Å². The van der Waals surface area contributed by atoms with Gasteiger partial charge in [-0.1, -0.05) is 18.2 Å². The molecule has 0 atom stereocenters. The number of pyridine rings is 1. The fourth-order valence-corrected chi connectivity index (χ4v) is 2.97. The lowest BCUT2D eigenvalue weighted by Crippen LogP contribution is -1.97. The second-order valence-electron chi connectivity index (χ2n) is 5.43. The molecule has 0 spiro atoms. The molecule has 0 amide bonds. The zero-order valence-electron chi connectivity index (χ0n) is 12.6. The van der Waals surface area contributed by atoms with Gasteiger partial charge in [-0.25, -0.2) is 4.98 Å². The Labute approximate surface area is 128 Å². The van der Waals surface area contributed by atoms with Crippen LogP contribution in [0.4, 0.5) is 0 Å². The molecule has 4 rings (SSSR count). The van der Waals surface area contributed by atoms with Gasteiger partial charge in [0.25, 0.3) is 0 Å². The lowest BCUT2D eigenvalue weighted by atomic mass is 10.1. The molecule has 0 aliphatic heterocycles. The summed E-state index contributed by atoms with van der Waals surface area (Å²) in [5.74, 6) is 1.78. The molecule has 108 valence electrons. The molecule has 0 saturated heterocycles. The van der Waals surface area contributed by atoms with Gasteiger partial charge in [0, 0.05) is 23.0 Å². The highest BCUT2D eigenvalue weighted by atomic mass is 16.5. The van der Waals surface area contributed by atoms with Crippen molar-refractivity contribution < 1.29 is 4.74 Å². The molecule has 0 fully saturated rings. The summed E-state index contributed by atoms with van der Waals surface area (Å²) in [4.78, 5) is 4.56. The van der Waals surface area contributed by atoms with Crippen LogP contribution in [0.1, 0.15) is 5.56 Å². The number of para-hydroxylation sites is 1. The molecule has 3 heteroatoms. The summed E-state index contributed by atoms with van der Waals surface area (Å²) in [7, 11) is 1.69. The Morgan fingerprint density at radius 2 is 1.73 bits per heavy atom. The van der Waals surface area contributed by atoms with Gasteiger partial charge in [0.15, 0.2) is 0 Å². The van der Waals surface area contributed by atoms with Gasteiger partial charge in [-0.05, 0) is 42.8 Å². The first-order valence-electron chi connectivity index (χ1n) is 7.28. The Morgan fingerprint density at radius 1 is 0.909 bits per heavy atom. The number of benzene rings is 2. The van der Waals surface area contributed by atoms with Crippen molar-refractivity contribution in [3.8, 4) is 11.6 Å². The van der Waals surface area contributed by atoms with Gasteiger partial charge < -0.3 is 4.74 Å². The lowest BCUT2D eigenvalue weighted by molar-refractivity contribution is 0.415. The zero-order chi connectivity index (χ0) is 15.1. The van der Waals surface area contributed by atoms with E-state index in [1.54, 1.807) is 7.11 Å². The van der Waals surface area contributed by atoms with Crippen LogP contribution in [0, 0.1) is 6.92 Å². The number of rotatable bonds is 2. The van der Waals surface area contributed by atoms with E-state index < -0.39 is 0 Å². The molecule has 22 heavy (non-hydrogen) atoms. The standard InChI is InChI=1S/C19H16N2O/c1-13-9-10-20-19(11-13)21-17-6-4-3-5-15(17)16-8-7-14(22-2)12-18(16)21/h3-12H,1-2H3. The van der Waals surface area contributed by atoms with Crippen molar-refractivity contribution in [3.05, 3.63) is 66.4 Å². The van der Waals surface area contributed by atoms with E-state index in [1.807, 2.05) is 18.3 Å². The Kier molecular flexibility index (Phi) is 2.86. The van der Waals surface area contributed by atoms with Crippen molar-refractivity contribution in [1.82, 2.24) is 9.55 Å². The third kappa shape index (κ3) is 1.86. The second-order valence-corrected chi connectivity index (χ2v) is 5.43. The normalized spacial score (nSPS) is 11.2. The molecule has 2 aromatic heterocycles. The minimum atomic E-state index is 0.851. The van der Waals surface area contributed by atoms with Gasteiger partial charge in [0.1, 0.15) is 11.6 Å². The molecule has 0 saturated carbocycles. The van der Waals surface area contributed by atoms with E-state index in [1.165, 1.54) is 16.3 Å². The minimum Gasteiger partial charge on any atom is -0.497 e. The third-order valence-corrected chi connectivity index (χ3v) is 4.01. The summed E-state index contributed by atoms with van der Waals surface area (Å²) in [5.41, 5.74) is 3.46. The number of ether oxygens (including phenoxy) is 1. The number of nitrogens with zero attached hydrogens (tertiary/aromatic N) is 2. The highest BCUT2D eigenvalue weighted by Crippen LogP contribution is 2.33. The molecule has 2 aromatic carbocycles. The molecule has 0 bridgehead atoms. The number of aromatic nitrogens is 2. The van der Waals surface area contributed by atoms with E-state index in [4.69, 9.17) is 4.74 Å². The molecule has 2 heterocycles. The molecular weight excluding hydrogens is 272 g/mol. The fourth-order valence-electron chi connectivity index (χ4n) is 2.97. The van der Waals surface area contributed by atoms with Crippen LogP contribution < -0.4 is 4.74 Å². The number of methoxy groups -OCH3 is 1. The van der Waals surface area contributed by atoms with E-state index >= 15 is 0 Å². The average molecular weight is 288 g/mol. The summed E-state index contributed by atoms with van der Waals surface area (Å²) in [6, 6.07) is 18.7. The number of aryl methyl sites for hydroxylation is 1. The van der Waals surface area contributed by atoms with Crippen molar-refractivity contribution in [2.75, 3.05) is 7.11 Å². The van der Waals surface area contributed by atoms with Crippen molar-refractivity contribution in [2.45, 2.75) is 6.92 Å². The predicted molar refractivity (Wildman–Crippen MR) is 89.9 cm³/mol. The van der Waals surface area contributed by atoms with Gasteiger partial charge in [-0.2, -0.15) is 0 Å². The topological polar surface area (TPSA) is 27.1 Å². The quantitative estimate of drug-likeness (QED) is 0.543. The Balaban J connectivity index is 2.17. The van der Waals surface area contributed by atoms with Gasteiger partial charge >= 0.3 is 0 Å². The number of hydrogen-bond acceptors (Lipinski definition) is 2. The third-order valence-electron chi connectivity index (χ3n) is 4.01. The van der Waals surface area contributed by atoms with Crippen LogP contribution in [0.5, 0.6) is 5.75 Å². The van der Waals surface area contributed by atoms with E-state index in [9.17, 15) is 0 Å². The summed E-state index contributed by atoms with van der Waals surface area (Å²) in [6.45, 7) is 2.08. The van der Waals surface area contributed by atoms with Crippen molar-refractivity contribution >= 4 is 21.8 Å². The minimum absolute atomic E-state index is 0.851. The van der Waals surface area contributed by atoms with E-state index in [2.05, 4.69) is 58.9 Å². The van der Waals surface area contributed by atoms with Crippen molar-refractivity contribution in [2.24, 2.45) is 0 Å². The van der Waals surface area contributed by atoms with Gasteiger partial charge in [0.05, 0.1) is 18.1 Å². The van der Waals surface area contributed by atoms with Crippen LogP contribution in [0.15, 0.2) is 60.8 Å². The first-order chi connectivity index (χ1) is 10.8. The largest absolute Gasteiger partial charge is 0.497 e. The second kappa shape index (κ2) is 4.88. The summed E-state index contributed by atoms with van der Waals surface area (Å²) in [6.07, 6.45) is 1.85. The Hall–Kier alpha value is -2.81. The van der Waals surface area contributed by atoms with Crippen molar-refractivity contribution in [1.29, 1.82) is 0 Å². The van der Waals surface area contributed by atoms with E-state index in [0.717, 1.165) is 22.6 Å². The Morgan fingerprint density at radius 3 is 2.55 bits per heavy atom. The zero-order valence-corrected chi connectivity index (χ0v) is 12.6. The van der Waals surface area contributed by atoms with Crippen LogP contribution in [0.3, 0.4) is 0 Å².